The van der Waals surface area contributed by atoms with E-state index < -0.39 is 0 Å². The molecule has 1 aromatic rings. The van der Waals surface area contributed by atoms with Gasteiger partial charge in [-0.2, -0.15) is 0 Å². The SMILES string of the molecule is CCCC(=O)N1CCCN(C(=O)Cc2c(C)cc(C)cc2C)CC1. The van der Waals surface area contributed by atoms with E-state index in [-0.39, 0.29) is 11.8 Å². The van der Waals surface area contributed by atoms with Crippen LogP contribution in [-0.2, 0) is 16.0 Å². The first-order valence-electron chi connectivity index (χ1n) is 9.04. The molecule has 1 aliphatic rings. The highest BCUT2D eigenvalue weighted by Gasteiger charge is 2.22. The number of benzene rings is 1. The molecule has 0 spiro atoms. The Morgan fingerprint density at radius 2 is 1.46 bits per heavy atom. The summed E-state index contributed by atoms with van der Waals surface area (Å²) in [6.07, 6.45) is 2.81. The number of carbonyl (C=O) groups is 2. The number of hydrogen-bond donors (Lipinski definition) is 0. The van der Waals surface area contributed by atoms with E-state index in [4.69, 9.17) is 0 Å². The summed E-state index contributed by atoms with van der Waals surface area (Å²) in [4.78, 5) is 28.6. The first kappa shape index (κ1) is 18.5. The van der Waals surface area contributed by atoms with Gasteiger partial charge in [0, 0.05) is 32.6 Å². The van der Waals surface area contributed by atoms with Crippen molar-refractivity contribution in [2.24, 2.45) is 0 Å². The van der Waals surface area contributed by atoms with Crippen LogP contribution < -0.4 is 0 Å². The Morgan fingerprint density at radius 1 is 0.917 bits per heavy atom. The van der Waals surface area contributed by atoms with Crippen LogP contribution in [-0.4, -0.2) is 47.8 Å². The summed E-state index contributed by atoms with van der Waals surface area (Å²) < 4.78 is 0. The zero-order valence-electron chi connectivity index (χ0n) is 15.5. The summed E-state index contributed by atoms with van der Waals surface area (Å²) in [6, 6.07) is 4.28. The highest BCUT2D eigenvalue weighted by molar-refractivity contribution is 5.80. The van der Waals surface area contributed by atoms with Crippen LogP contribution in [0, 0.1) is 20.8 Å². The number of aryl methyl sites for hydroxylation is 3. The molecule has 0 aliphatic carbocycles. The fourth-order valence-corrected chi connectivity index (χ4v) is 3.54. The first-order chi connectivity index (χ1) is 11.4. The van der Waals surface area contributed by atoms with Crippen molar-refractivity contribution in [3.8, 4) is 0 Å². The van der Waals surface area contributed by atoms with Crippen LogP contribution >= 0.6 is 0 Å². The maximum Gasteiger partial charge on any atom is 0.227 e. The quantitative estimate of drug-likeness (QED) is 0.851. The van der Waals surface area contributed by atoms with E-state index in [0.717, 1.165) is 31.5 Å². The van der Waals surface area contributed by atoms with E-state index in [9.17, 15) is 9.59 Å². The van der Waals surface area contributed by atoms with Gasteiger partial charge in [0.05, 0.1) is 6.42 Å². The van der Waals surface area contributed by atoms with Gasteiger partial charge in [0.25, 0.3) is 0 Å². The van der Waals surface area contributed by atoms with Crippen molar-refractivity contribution in [3.05, 3.63) is 34.4 Å². The Hall–Kier alpha value is -1.84. The van der Waals surface area contributed by atoms with E-state index >= 15 is 0 Å². The fourth-order valence-electron chi connectivity index (χ4n) is 3.54. The maximum atomic E-state index is 12.7. The lowest BCUT2D eigenvalue weighted by Crippen LogP contribution is -2.38. The molecule has 0 unspecified atom stereocenters. The summed E-state index contributed by atoms with van der Waals surface area (Å²) >= 11 is 0. The van der Waals surface area contributed by atoms with Gasteiger partial charge in [-0.15, -0.1) is 0 Å². The third-order valence-corrected chi connectivity index (χ3v) is 4.83. The van der Waals surface area contributed by atoms with E-state index in [2.05, 4.69) is 32.9 Å². The molecular formula is C20H30N2O2. The van der Waals surface area contributed by atoms with Gasteiger partial charge in [-0.05, 0) is 50.3 Å². The molecule has 4 heteroatoms. The minimum Gasteiger partial charge on any atom is -0.341 e. The van der Waals surface area contributed by atoms with Crippen molar-refractivity contribution in [2.45, 2.75) is 53.4 Å². The van der Waals surface area contributed by atoms with Gasteiger partial charge in [-0.3, -0.25) is 9.59 Å². The van der Waals surface area contributed by atoms with Crippen molar-refractivity contribution in [3.63, 3.8) is 0 Å². The minimum absolute atomic E-state index is 0.176. The molecule has 1 aliphatic heterocycles. The standard InChI is InChI=1S/C20H30N2O2/c1-5-7-19(23)21-8-6-9-22(11-10-21)20(24)14-18-16(3)12-15(2)13-17(18)4/h12-13H,5-11,14H2,1-4H3. The Balaban J connectivity index is 2.00. The van der Waals surface area contributed by atoms with Crippen LogP contribution in [0.3, 0.4) is 0 Å². The van der Waals surface area contributed by atoms with Gasteiger partial charge in [-0.25, -0.2) is 0 Å². The van der Waals surface area contributed by atoms with Gasteiger partial charge in [0.15, 0.2) is 0 Å². The lowest BCUT2D eigenvalue weighted by molar-refractivity contribution is -0.133. The average molecular weight is 330 g/mol. The molecule has 24 heavy (non-hydrogen) atoms. The maximum absolute atomic E-state index is 12.7. The van der Waals surface area contributed by atoms with Crippen molar-refractivity contribution >= 4 is 11.8 Å². The highest BCUT2D eigenvalue weighted by atomic mass is 16.2. The molecule has 1 heterocycles. The Morgan fingerprint density at radius 3 is 2.00 bits per heavy atom. The molecule has 0 atom stereocenters. The van der Waals surface area contributed by atoms with Crippen LogP contribution in [0.15, 0.2) is 12.1 Å². The predicted octanol–water partition coefficient (Wildman–Crippen LogP) is 3.02. The molecule has 4 nitrogen and oxygen atoms in total. The molecule has 0 N–H and O–H groups in total. The van der Waals surface area contributed by atoms with E-state index in [1.54, 1.807) is 0 Å². The lowest BCUT2D eigenvalue weighted by atomic mass is 9.97. The zero-order chi connectivity index (χ0) is 17.7. The molecule has 2 rings (SSSR count). The highest BCUT2D eigenvalue weighted by Crippen LogP contribution is 2.18. The van der Waals surface area contributed by atoms with Crippen molar-refractivity contribution in [2.75, 3.05) is 26.2 Å². The molecule has 2 amide bonds. The second-order valence-electron chi connectivity index (χ2n) is 6.92. The third kappa shape index (κ3) is 4.59. The average Bonchev–Trinajstić information content (AvgIpc) is 2.77. The number of amides is 2. The van der Waals surface area contributed by atoms with Crippen LogP contribution in [0.4, 0.5) is 0 Å². The Labute approximate surface area is 145 Å². The Kier molecular flexibility index (Phi) is 6.41. The topological polar surface area (TPSA) is 40.6 Å². The number of hydrogen-bond acceptors (Lipinski definition) is 2. The molecule has 132 valence electrons. The fraction of sp³-hybridized carbons (Fsp3) is 0.600. The molecule has 1 fully saturated rings. The van der Waals surface area contributed by atoms with E-state index in [1.807, 2.05) is 16.7 Å². The van der Waals surface area contributed by atoms with Crippen LogP contribution in [0.2, 0.25) is 0 Å². The third-order valence-electron chi connectivity index (χ3n) is 4.83. The van der Waals surface area contributed by atoms with Gasteiger partial charge >= 0.3 is 0 Å². The minimum atomic E-state index is 0.176. The number of carbonyl (C=O) groups excluding carboxylic acids is 2. The van der Waals surface area contributed by atoms with Gasteiger partial charge in [0.1, 0.15) is 0 Å². The summed E-state index contributed by atoms with van der Waals surface area (Å²) in [5.41, 5.74) is 4.76. The predicted molar refractivity (Wildman–Crippen MR) is 97.0 cm³/mol. The van der Waals surface area contributed by atoms with E-state index in [0.29, 0.717) is 25.9 Å². The molecular weight excluding hydrogens is 300 g/mol. The molecule has 1 aromatic carbocycles. The number of nitrogens with zero attached hydrogens (tertiary/aromatic N) is 2. The van der Waals surface area contributed by atoms with Crippen LogP contribution in [0.1, 0.15) is 48.4 Å². The van der Waals surface area contributed by atoms with Gasteiger partial charge in [0.2, 0.25) is 11.8 Å². The largest absolute Gasteiger partial charge is 0.341 e. The van der Waals surface area contributed by atoms with E-state index in [1.165, 1.54) is 16.7 Å². The van der Waals surface area contributed by atoms with Crippen LogP contribution in [0.5, 0.6) is 0 Å². The summed E-state index contributed by atoms with van der Waals surface area (Å²) in [5, 5.41) is 0. The summed E-state index contributed by atoms with van der Waals surface area (Å²) in [7, 11) is 0. The molecule has 0 saturated carbocycles. The molecule has 1 saturated heterocycles. The summed E-state index contributed by atoms with van der Waals surface area (Å²) in [5.74, 6) is 0.395. The van der Waals surface area contributed by atoms with Crippen molar-refractivity contribution < 1.29 is 9.59 Å². The first-order valence-corrected chi connectivity index (χ1v) is 9.04. The monoisotopic (exact) mass is 330 g/mol. The van der Waals surface area contributed by atoms with Crippen molar-refractivity contribution in [1.29, 1.82) is 0 Å². The number of rotatable bonds is 4. The Bertz CT molecular complexity index is 587. The molecule has 0 aromatic heterocycles. The lowest BCUT2D eigenvalue weighted by Gasteiger charge is -2.23. The molecule has 0 radical (unpaired) electrons. The second-order valence-corrected chi connectivity index (χ2v) is 6.92. The summed E-state index contributed by atoms with van der Waals surface area (Å²) in [6.45, 7) is 11.1. The van der Waals surface area contributed by atoms with Gasteiger partial charge < -0.3 is 9.80 Å². The zero-order valence-corrected chi connectivity index (χ0v) is 15.5. The molecule has 0 bridgehead atoms. The smallest absolute Gasteiger partial charge is 0.227 e. The second kappa shape index (κ2) is 8.32. The normalized spacial score (nSPS) is 15.3. The van der Waals surface area contributed by atoms with Crippen molar-refractivity contribution in [1.82, 2.24) is 9.80 Å². The van der Waals surface area contributed by atoms with Gasteiger partial charge in [-0.1, -0.05) is 24.6 Å². The van der Waals surface area contributed by atoms with Crippen LogP contribution in [0.25, 0.3) is 0 Å².